The average Bonchev–Trinajstić information content (AvgIpc) is 3.20. The number of carbonyl (C=O) groups excluding carboxylic acids is 1. The molecule has 0 aliphatic carbocycles. The fraction of sp³-hybridized carbons (Fsp3) is 0.292. The Morgan fingerprint density at radius 1 is 1.13 bits per heavy atom. The molecule has 0 saturated carbocycles. The lowest BCUT2D eigenvalue weighted by molar-refractivity contribution is -0.126. The Kier molecular flexibility index (Phi) is 5.28. The maximum atomic E-state index is 14.4. The highest BCUT2D eigenvalue weighted by Crippen LogP contribution is 2.39. The van der Waals surface area contributed by atoms with Crippen molar-refractivity contribution in [1.82, 2.24) is 15.3 Å². The first-order chi connectivity index (χ1) is 15.1. The van der Waals surface area contributed by atoms with Crippen molar-refractivity contribution in [3.05, 3.63) is 66.2 Å². The van der Waals surface area contributed by atoms with Crippen LogP contribution in [0.2, 0.25) is 0 Å². The molecule has 7 heteroatoms. The second-order valence-electron chi connectivity index (χ2n) is 7.99. The molecule has 2 aromatic heterocycles. The molecular formula is C24H23FN4OS. The molecule has 5 rings (SSSR count). The van der Waals surface area contributed by atoms with E-state index in [9.17, 15) is 9.18 Å². The van der Waals surface area contributed by atoms with Crippen molar-refractivity contribution in [1.29, 1.82) is 0 Å². The maximum absolute atomic E-state index is 14.4. The first kappa shape index (κ1) is 19.9. The van der Waals surface area contributed by atoms with Gasteiger partial charge in [-0.3, -0.25) is 4.79 Å². The van der Waals surface area contributed by atoms with Gasteiger partial charge in [0.1, 0.15) is 18.0 Å². The lowest BCUT2D eigenvalue weighted by Crippen LogP contribution is -2.41. The highest BCUT2D eigenvalue weighted by Gasteiger charge is 2.28. The van der Waals surface area contributed by atoms with Gasteiger partial charge in [-0.25, -0.2) is 14.4 Å². The zero-order valence-electron chi connectivity index (χ0n) is 17.2. The van der Waals surface area contributed by atoms with Crippen LogP contribution in [0.25, 0.3) is 20.3 Å². The number of halogens is 1. The van der Waals surface area contributed by atoms with E-state index in [1.54, 1.807) is 6.07 Å². The van der Waals surface area contributed by atoms with Crippen molar-refractivity contribution in [3.8, 4) is 0 Å². The van der Waals surface area contributed by atoms with Crippen LogP contribution in [0.5, 0.6) is 0 Å². The minimum Gasteiger partial charge on any atom is -0.355 e. The molecule has 158 valence electrons. The van der Waals surface area contributed by atoms with Crippen LogP contribution >= 0.6 is 11.3 Å². The molecule has 0 radical (unpaired) electrons. The molecule has 2 aromatic carbocycles. The second-order valence-corrected chi connectivity index (χ2v) is 9.04. The molecule has 0 spiro atoms. The zero-order chi connectivity index (χ0) is 21.4. The number of rotatable bonds is 4. The second kappa shape index (κ2) is 8.23. The van der Waals surface area contributed by atoms with Crippen molar-refractivity contribution < 1.29 is 9.18 Å². The lowest BCUT2D eigenvalue weighted by atomic mass is 9.95. The molecule has 3 heterocycles. The first-order valence-corrected chi connectivity index (χ1v) is 11.4. The summed E-state index contributed by atoms with van der Waals surface area (Å²) in [4.78, 5) is 23.9. The summed E-state index contributed by atoms with van der Waals surface area (Å²) in [6, 6.07) is 15.1. The maximum Gasteiger partial charge on any atom is 0.223 e. The molecule has 31 heavy (non-hydrogen) atoms. The number of anilines is 1. The molecule has 1 aliphatic rings. The van der Waals surface area contributed by atoms with Crippen LogP contribution in [-0.4, -0.2) is 29.0 Å². The summed E-state index contributed by atoms with van der Waals surface area (Å²) in [6.07, 6.45) is 3.03. The number of aromatic nitrogens is 2. The van der Waals surface area contributed by atoms with Gasteiger partial charge >= 0.3 is 0 Å². The van der Waals surface area contributed by atoms with Gasteiger partial charge in [-0.05, 0) is 37.5 Å². The Hall–Kier alpha value is -3.06. The van der Waals surface area contributed by atoms with Crippen molar-refractivity contribution in [2.24, 2.45) is 5.92 Å². The quantitative estimate of drug-likeness (QED) is 0.487. The van der Waals surface area contributed by atoms with Crippen LogP contribution < -0.4 is 10.2 Å². The van der Waals surface area contributed by atoms with E-state index < -0.39 is 0 Å². The summed E-state index contributed by atoms with van der Waals surface area (Å²) >= 11 is 1.52. The van der Waals surface area contributed by atoms with Gasteiger partial charge in [-0.15, -0.1) is 11.3 Å². The first-order valence-electron chi connectivity index (χ1n) is 10.5. The number of carbonyl (C=O) groups is 1. The lowest BCUT2D eigenvalue weighted by Gasteiger charge is -2.32. The number of thiophene rings is 1. The molecule has 1 fully saturated rings. The average molecular weight is 435 g/mol. The summed E-state index contributed by atoms with van der Waals surface area (Å²) in [5, 5.41) is 3.72. The highest BCUT2D eigenvalue weighted by atomic mass is 32.1. The van der Waals surface area contributed by atoms with Gasteiger partial charge < -0.3 is 10.2 Å². The van der Waals surface area contributed by atoms with Gasteiger partial charge in [-0.1, -0.05) is 36.4 Å². The number of hydrogen-bond donors (Lipinski definition) is 1. The minimum absolute atomic E-state index is 0.0123. The highest BCUT2D eigenvalue weighted by molar-refractivity contribution is 7.26. The predicted molar refractivity (Wildman–Crippen MR) is 123 cm³/mol. The van der Waals surface area contributed by atoms with E-state index in [0.29, 0.717) is 10.9 Å². The Morgan fingerprint density at radius 2 is 1.90 bits per heavy atom. The summed E-state index contributed by atoms with van der Waals surface area (Å²) in [6.45, 7) is 3.49. The SMILES string of the molecule is CC(NC(=O)C1CCN(c2ncnc3c2sc2cccc(F)c23)CC1)c1ccccc1. The number of benzene rings is 2. The molecule has 1 amide bonds. The van der Waals surface area contributed by atoms with Crippen molar-refractivity contribution >= 4 is 43.4 Å². The fourth-order valence-corrected chi connectivity index (χ4v) is 5.49. The molecule has 5 nitrogen and oxygen atoms in total. The summed E-state index contributed by atoms with van der Waals surface area (Å²) in [7, 11) is 0. The molecule has 1 aliphatic heterocycles. The van der Waals surface area contributed by atoms with Crippen LogP contribution in [0, 0.1) is 11.7 Å². The Bertz CT molecular complexity index is 1230. The van der Waals surface area contributed by atoms with Crippen LogP contribution in [-0.2, 0) is 4.79 Å². The third-order valence-electron chi connectivity index (χ3n) is 6.03. The molecule has 4 aromatic rings. The van der Waals surface area contributed by atoms with Gasteiger partial charge in [0.25, 0.3) is 0 Å². The Labute approximate surface area is 183 Å². The van der Waals surface area contributed by atoms with Crippen molar-refractivity contribution in [2.45, 2.75) is 25.8 Å². The number of piperidine rings is 1. The molecule has 1 N–H and O–H groups in total. The largest absolute Gasteiger partial charge is 0.355 e. The van der Waals surface area contributed by atoms with Gasteiger partial charge in [0.2, 0.25) is 5.91 Å². The van der Waals surface area contributed by atoms with Gasteiger partial charge in [0, 0.05) is 23.7 Å². The predicted octanol–water partition coefficient (Wildman–Crippen LogP) is 5.08. The molecule has 1 saturated heterocycles. The number of amides is 1. The van der Waals surface area contributed by atoms with Crippen LogP contribution in [0.4, 0.5) is 10.2 Å². The molecule has 1 unspecified atom stereocenters. The van der Waals surface area contributed by atoms with Crippen LogP contribution in [0.15, 0.2) is 54.9 Å². The standard InChI is InChI=1S/C24H23FN4OS/c1-15(16-6-3-2-4-7-16)28-24(30)17-10-12-29(13-11-17)23-22-21(26-14-27-23)20-18(25)8-5-9-19(20)31-22/h2-9,14-15,17H,10-13H2,1H3,(H,28,30). The number of hydrogen-bond acceptors (Lipinski definition) is 5. The zero-order valence-corrected chi connectivity index (χ0v) is 18.0. The summed E-state index contributed by atoms with van der Waals surface area (Å²) in [5.41, 5.74) is 1.77. The van der Waals surface area contributed by atoms with Crippen molar-refractivity contribution in [2.75, 3.05) is 18.0 Å². The van der Waals surface area contributed by atoms with E-state index in [1.165, 1.54) is 23.7 Å². The van der Waals surface area contributed by atoms with Gasteiger partial charge in [-0.2, -0.15) is 0 Å². The fourth-order valence-electron chi connectivity index (χ4n) is 4.30. The van der Waals surface area contributed by atoms with E-state index in [1.807, 2.05) is 43.3 Å². The topological polar surface area (TPSA) is 58.1 Å². The van der Waals surface area contributed by atoms with Gasteiger partial charge in [0.05, 0.1) is 21.6 Å². The number of fused-ring (bicyclic) bond motifs is 3. The number of nitrogens with one attached hydrogen (secondary N) is 1. The normalized spacial score (nSPS) is 16.0. The van der Waals surface area contributed by atoms with E-state index in [0.717, 1.165) is 46.7 Å². The third kappa shape index (κ3) is 3.74. The van der Waals surface area contributed by atoms with E-state index >= 15 is 0 Å². The third-order valence-corrected chi connectivity index (χ3v) is 7.17. The van der Waals surface area contributed by atoms with E-state index in [2.05, 4.69) is 20.2 Å². The van der Waals surface area contributed by atoms with Crippen molar-refractivity contribution in [3.63, 3.8) is 0 Å². The van der Waals surface area contributed by atoms with E-state index in [4.69, 9.17) is 0 Å². The van der Waals surface area contributed by atoms with Crippen LogP contribution in [0.1, 0.15) is 31.4 Å². The smallest absolute Gasteiger partial charge is 0.223 e. The summed E-state index contributed by atoms with van der Waals surface area (Å²) in [5.74, 6) is 0.672. The molecular weight excluding hydrogens is 411 g/mol. The Balaban J connectivity index is 1.31. The van der Waals surface area contributed by atoms with E-state index in [-0.39, 0.29) is 23.7 Å². The van der Waals surface area contributed by atoms with Crippen LogP contribution in [0.3, 0.4) is 0 Å². The monoisotopic (exact) mass is 434 g/mol. The Morgan fingerprint density at radius 3 is 2.68 bits per heavy atom. The molecule has 0 bridgehead atoms. The minimum atomic E-state index is -0.253. The number of nitrogens with zero attached hydrogens (tertiary/aromatic N) is 3. The molecule has 1 atom stereocenters. The summed E-state index contributed by atoms with van der Waals surface area (Å²) < 4.78 is 16.2. The van der Waals surface area contributed by atoms with Gasteiger partial charge in [0.15, 0.2) is 0 Å².